The number of hydrogen-bond donors (Lipinski definition) is 2. The first kappa shape index (κ1) is 14.0. The Labute approximate surface area is 126 Å². The Morgan fingerprint density at radius 2 is 2.27 bits per heavy atom. The molecular weight excluding hydrogens is 285 g/mol. The summed E-state index contributed by atoms with van der Waals surface area (Å²) in [5.41, 5.74) is 2.36. The quantitative estimate of drug-likeness (QED) is 0.890. The third kappa shape index (κ3) is 2.49. The van der Waals surface area contributed by atoms with Gasteiger partial charge in [-0.15, -0.1) is 0 Å². The van der Waals surface area contributed by atoms with Crippen molar-refractivity contribution in [3.8, 4) is 11.8 Å². The van der Waals surface area contributed by atoms with Crippen LogP contribution in [0, 0.1) is 17.1 Å². The normalized spacial score (nSPS) is 15.9. The summed E-state index contributed by atoms with van der Waals surface area (Å²) in [6.45, 7) is 0. The number of nitrogens with zero attached hydrogens (tertiary/aromatic N) is 2. The van der Waals surface area contributed by atoms with E-state index in [0.717, 1.165) is 29.8 Å². The number of nitrogens with one attached hydrogen (secondary N) is 1. The molecule has 0 saturated heterocycles. The molecule has 1 atom stereocenters. The largest absolute Gasteiger partial charge is 0.505 e. The van der Waals surface area contributed by atoms with E-state index in [9.17, 15) is 14.3 Å². The lowest BCUT2D eigenvalue weighted by Crippen LogP contribution is -2.28. The molecule has 2 aromatic rings. The van der Waals surface area contributed by atoms with Gasteiger partial charge in [0.1, 0.15) is 11.6 Å². The summed E-state index contributed by atoms with van der Waals surface area (Å²) in [7, 11) is 0. The molecule has 0 aliphatic heterocycles. The highest BCUT2D eigenvalue weighted by atomic mass is 19.1. The maximum atomic E-state index is 12.9. The lowest BCUT2D eigenvalue weighted by molar-refractivity contribution is 0.0928. The van der Waals surface area contributed by atoms with Gasteiger partial charge in [0.25, 0.3) is 5.91 Å². The summed E-state index contributed by atoms with van der Waals surface area (Å²) in [5.74, 6) is -1.75. The summed E-state index contributed by atoms with van der Waals surface area (Å²) in [4.78, 5) is 15.8. The fourth-order valence-corrected chi connectivity index (χ4v) is 2.67. The van der Waals surface area contributed by atoms with Crippen LogP contribution < -0.4 is 5.32 Å². The number of aromatic nitrogens is 1. The number of aromatic hydroxyl groups is 1. The summed E-state index contributed by atoms with van der Waals surface area (Å²) >= 11 is 0. The number of carbonyl (C=O) groups is 1. The molecule has 0 saturated carbocycles. The molecule has 1 aromatic heterocycles. The summed E-state index contributed by atoms with van der Waals surface area (Å²) in [6.07, 6.45) is 2.35. The molecule has 110 valence electrons. The van der Waals surface area contributed by atoms with E-state index in [1.54, 1.807) is 6.07 Å². The third-order valence-corrected chi connectivity index (χ3v) is 3.70. The minimum absolute atomic E-state index is 0.205. The third-order valence-electron chi connectivity index (χ3n) is 3.70. The van der Waals surface area contributed by atoms with E-state index in [1.807, 2.05) is 12.1 Å². The molecule has 2 N–H and O–H groups in total. The lowest BCUT2D eigenvalue weighted by Gasteiger charge is -2.14. The van der Waals surface area contributed by atoms with Gasteiger partial charge in [-0.1, -0.05) is 6.07 Å². The Hall–Kier alpha value is -2.94. The van der Waals surface area contributed by atoms with Crippen molar-refractivity contribution in [3.63, 3.8) is 0 Å². The molecule has 0 spiro atoms. The molecule has 0 unspecified atom stereocenters. The van der Waals surface area contributed by atoms with Gasteiger partial charge < -0.3 is 10.4 Å². The van der Waals surface area contributed by atoms with Crippen molar-refractivity contribution >= 4 is 5.91 Å². The van der Waals surface area contributed by atoms with Crippen molar-refractivity contribution in [2.45, 2.75) is 18.9 Å². The predicted molar refractivity (Wildman–Crippen MR) is 75.5 cm³/mol. The average Bonchev–Trinajstić information content (AvgIpc) is 2.89. The van der Waals surface area contributed by atoms with Crippen molar-refractivity contribution in [3.05, 3.63) is 58.7 Å². The van der Waals surface area contributed by atoms with E-state index in [-0.39, 0.29) is 11.7 Å². The number of aryl methyl sites for hydroxylation is 1. The molecular formula is C16H12FN3O2. The van der Waals surface area contributed by atoms with Gasteiger partial charge in [-0.2, -0.15) is 5.26 Å². The molecule has 6 heteroatoms. The summed E-state index contributed by atoms with van der Waals surface area (Å²) in [5, 5.41) is 21.3. The van der Waals surface area contributed by atoms with Crippen molar-refractivity contribution in [1.82, 2.24) is 10.3 Å². The molecule has 1 heterocycles. The van der Waals surface area contributed by atoms with Crippen LogP contribution in [0.3, 0.4) is 0 Å². The van der Waals surface area contributed by atoms with Gasteiger partial charge in [-0.05, 0) is 36.1 Å². The van der Waals surface area contributed by atoms with Gasteiger partial charge in [0, 0.05) is 6.07 Å². The van der Waals surface area contributed by atoms with Crippen molar-refractivity contribution in [2.75, 3.05) is 0 Å². The van der Waals surface area contributed by atoms with E-state index in [1.165, 1.54) is 0 Å². The van der Waals surface area contributed by atoms with E-state index in [4.69, 9.17) is 5.26 Å². The highest BCUT2D eigenvalue weighted by molar-refractivity contribution is 5.95. The van der Waals surface area contributed by atoms with Crippen LogP contribution in [-0.2, 0) is 6.42 Å². The molecule has 1 aliphatic rings. The van der Waals surface area contributed by atoms with E-state index in [2.05, 4.69) is 16.4 Å². The Morgan fingerprint density at radius 3 is 3.00 bits per heavy atom. The second-order valence-corrected chi connectivity index (χ2v) is 5.11. The number of halogens is 1. The van der Waals surface area contributed by atoms with Crippen LogP contribution >= 0.6 is 0 Å². The first-order chi connectivity index (χ1) is 10.6. The number of carbonyl (C=O) groups excluding carboxylic acids is 1. The fraction of sp³-hybridized carbons (Fsp3) is 0.188. The Balaban J connectivity index is 1.81. The molecule has 22 heavy (non-hydrogen) atoms. The number of amides is 1. The van der Waals surface area contributed by atoms with Crippen molar-refractivity contribution in [1.29, 1.82) is 5.26 Å². The molecule has 0 fully saturated rings. The standard InChI is InChI=1S/C16H12FN3O2/c17-11-6-14(21)15(19-8-11)16(22)20-13-4-2-10-5-9(7-18)1-3-12(10)13/h1,3,5-6,8,13,21H,2,4H2,(H,20,22)/t13-/m1/s1. The monoisotopic (exact) mass is 297 g/mol. The van der Waals surface area contributed by atoms with Crippen molar-refractivity contribution in [2.24, 2.45) is 0 Å². The van der Waals surface area contributed by atoms with Crippen LogP contribution in [-0.4, -0.2) is 16.0 Å². The van der Waals surface area contributed by atoms with E-state index in [0.29, 0.717) is 12.0 Å². The number of hydrogen-bond acceptors (Lipinski definition) is 4. The zero-order valence-electron chi connectivity index (χ0n) is 11.5. The summed E-state index contributed by atoms with van der Waals surface area (Å²) in [6, 6.07) is 8.07. The Bertz CT molecular complexity index is 798. The van der Waals surface area contributed by atoms with E-state index >= 15 is 0 Å². The van der Waals surface area contributed by atoms with Gasteiger partial charge in [0.15, 0.2) is 5.69 Å². The molecule has 1 aromatic carbocycles. The zero-order valence-corrected chi connectivity index (χ0v) is 11.5. The van der Waals surface area contributed by atoms with Crippen molar-refractivity contribution < 1.29 is 14.3 Å². The van der Waals surface area contributed by atoms with E-state index < -0.39 is 17.5 Å². The minimum Gasteiger partial charge on any atom is -0.505 e. The number of pyridine rings is 1. The Morgan fingerprint density at radius 1 is 1.45 bits per heavy atom. The van der Waals surface area contributed by atoms with Gasteiger partial charge in [-0.25, -0.2) is 9.37 Å². The molecule has 1 aliphatic carbocycles. The minimum atomic E-state index is -0.704. The van der Waals surface area contributed by atoms with Gasteiger partial charge >= 0.3 is 0 Å². The average molecular weight is 297 g/mol. The molecule has 0 radical (unpaired) electrons. The molecule has 0 bridgehead atoms. The first-order valence-electron chi connectivity index (χ1n) is 6.77. The van der Waals surface area contributed by atoms with Gasteiger partial charge in [0.2, 0.25) is 0 Å². The van der Waals surface area contributed by atoms with Gasteiger partial charge in [-0.3, -0.25) is 4.79 Å². The van der Waals surface area contributed by atoms with Crippen LogP contribution in [0.5, 0.6) is 5.75 Å². The number of nitriles is 1. The first-order valence-corrected chi connectivity index (χ1v) is 6.77. The highest BCUT2D eigenvalue weighted by Gasteiger charge is 2.26. The topological polar surface area (TPSA) is 86.0 Å². The molecule has 3 rings (SSSR count). The van der Waals surface area contributed by atoms with Crippen LogP contribution in [0.25, 0.3) is 0 Å². The predicted octanol–water partition coefficient (Wildman–Crippen LogP) is 2.22. The second kappa shape index (κ2) is 5.45. The summed E-state index contributed by atoms with van der Waals surface area (Å²) < 4.78 is 12.9. The number of fused-ring (bicyclic) bond motifs is 1. The van der Waals surface area contributed by atoms with Crippen LogP contribution in [0.4, 0.5) is 4.39 Å². The maximum absolute atomic E-state index is 12.9. The van der Waals surface area contributed by atoms with Crippen LogP contribution in [0.15, 0.2) is 30.5 Å². The zero-order chi connectivity index (χ0) is 15.7. The second-order valence-electron chi connectivity index (χ2n) is 5.11. The SMILES string of the molecule is N#Cc1ccc2c(c1)CC[C@H]2NC(=O)c1ncc(F)cc1O. The van der Waals surface area contributed by atoms with Gasteiger partial charge in [0.05, 0.1) is 23.9 Å². The smallest absolute Gasteiger partial charge is 0.274 e. The van der Waals surface area contributed by atoms with Crippen LogP contribution in [0.2, 0.25) is 0 Å². The van der Waals surface area contributed by atoms with Crippen LogP contribution in [0.1, 0.15) is 39.6 Å². The number of benzene rings is 1. The molecule has 1 amide bonds. The number of rotatable bonds is 2. The maximum Gasteiger partial charge on any atom is 0.274 e. The molecule has 5 nitrogen and oxygen atoms in total. The fourth-order valence-electron chi connectivity index (χ4n) is 2.67. The lowest BCUT2D eigenvalue weighted by atomic mass is 10.1. The Kier molecular flexibility index (Phi) is 3.47. The highest BCUT2D eigenvalue weighted by Crippen LogP contribution is 2.32.